The van der Waals surface area contributed by atoms with Crippen LogP contribution in [0.1, 0.15) is 65.7 Å². The van der Waals surface area contributed by atoms with Crippen LogP contribution >= 0.6 is 49.9 Å². The third kappa shape index (κ3) is 20.4. The van der Waals surface area contributed by atoms with Crippen molar-refractivity contribution in [2.24, 2.45) is 0 Å². The molecule has 12 heterocycles. The van der Waals surface area contributed by atoms with Crippen LogP contribution in [0.2, 0.25) is 0 Å². The van der Waals surface area contributed by atoms with E-state index in [0.717, 1.165) is 47.0 Å². The van der Waals surface area contributed by atoms with Gasteiger partial charge >= 0.3 is 59.1 Å². The number of nitrogens with one attached hydrogen (secondary N) is 5. The molecule has 4 aliphatic rings. The van der Waals surface area contributed by atoms with Crippen molar-refractivity contribution >= 4 is 170 Å². The number of halogens is 3. The smallest absolute Gasteiger partial charge is 0.542 e. The number of imidazole rings is 1. The monoisotopic (exact) mass is 1870 g/mol. The largest absolute Gasteiger partial charge is 1.00 e. The molecule has 0 unspecified atom stereocenters. The molecule has 0 spiro atoms. The Balaban J connectivity index is 0.000000161. The molecule has 0 saturated carbocycles. The molecule has 4 amide bonds. The number of hydrogen-bond acceptors (Lipinski definition) is 32. The zero-order chi connectivity index (χ0) is 88.6. The van der Waals surface area contributed by atoms with Crippen LogP contribution in [0.3, 0.4) is 0 Å². The molecule has 4 aliphatic heterocycles. The number of H-pyrrole nitrogens is 1. The van der Waals surface area contributed by atoms with Crippen molar-refractivity contribution in [3.8, 4) is 0 Å². The number of carbonyl (C=O) groups is 6. The molecule has 4 aromatic carbocycles. The number of thiophene rings is 3. The van der Waals surface area contributed by atoms with E-state index in [1.807, 2.05) is 35.2 Å². The molecule has 20 atom stereocenters. The van der Waals surface area contributed by atoms with Crippen LogP contribution < -0.4 is 90.6 Å². The zero-order valence-electron chi connectivity index (χ0n) is 67.6. The number of ether oxygens (including phenoxy) is 4. The van der Waals surface area contributed by atoms with Gasteiger partial charge in [-0.3, -0.25) is 43.0 Å². The van der Waals surface area contributed by atoms with Gasteiger partial charge in [0.25, 0.3) is 0 Å². The Morgan fingerprint density at radius 2 is 0.896 bits per heavy atom. The number of aromatic nitrogens is 10. The van der Waals surface area contributed by atoms with Crippen LogP contribution in [0.5, 0.6) is 0 Å². The van der Waals surface area contributed by atoms with Crippen molar-refractivity contribution in [3.05, 3.63) is 159 Å². The minimum Gasteiger partial charge on any atom is -0.542 e. The molecule has 654 valence electrons. The standard InChI is InChI=1S/C20H22BrN3O5S.C20H20FN3O7S.C20H22FN3O5S.C19H21N5O7.2Na/c1-9-5-15(17(22-10(2)26)19(29-9)18(28)16(27)8-25)24-7-12-11-3-4-30-20(11)13(21)6-14(12)23-24;1-8(26)22-17-12(5-14(20(29)30)31-19(17)18(28)13(27)7-25)24-6-10-9-2-3-32-15(9)4-11(21)16(10)23-24;1-9-5-15(17(22-10(2)26)19(29-9)18(28)16(27)8-25)24-7-12-14(23-24)6-13(21)11-3-4-30-20(11)12;1-8(26)22-16-12(4-14(19(29)30)31-18(16)17(28)13(27)6-25)24-5-9-10(23-24)2-3-11-15(9)21-7-20-11;;/h3-7,15-19,25,27-28H,8H2,1-2H3,(H,22,26);2-6,12-13,17-19,25,27-28H,7H2,1H3,(H,22,26)(H,29,30);3-7,15-19,25,27-28H,8H2,1-2H3,(H,22,26);2-5,7,12-13,16-18,23,25,27-28H,6H2,1H3,(H,22,26)(H,29,30);;/q;;;;2*+1/p-2/t15-,16+,17+,18+,19+;12-,13+,17+,18+,19+;15-,16+,17+,18+,19+;12-,13+,16+,17+,18+;;/m0000../s1. The van der Waals surface area contributed by atoms with Gasteiger partial charge in [0.15, 0.2) is 5.82 Å². The Kier molecular flexibility index (Phi) is 31.6. The van der Waals surface area contributed by atoms with E-state index in [1.165, 1.54) is 90.5 Å². The van der Waals surface area contributed by atoms with Crippen molar-refractivity contribution in [1.29, 1.82) is 0 Å². The van der Waals surface area contributed by atoms with Gasteiger partial charge in [-0.15, -0.1) is 34.0 Å². The summed E-state index contributed by atoms with van der Waals surface area (Å²) in [6.45, 7) is 5.65. The van der Waals surface area contributed by atoms with E-state index in [2.05, 4.69) is 62.5 Å². The van der Waals surface area contributed by atoms with Crippen LogP contribution in [0.25, 0.3) is 84.9 Å². The van der Waals surface area contributed by atoms with Crippen molar-refractivity contribution in [2.45, 2.75) is 163 Å². The second-order valence-electron chi connectivity index (χ2n) is 29.5. The number of amides is 4. The molecule has 16 rings (SSSR count). The van der Waals surface area contributed by atoms with E-state index < -0.39 is 189 Å². The molecule has 0 saturated heterocycles. The summed E-state index contributed by atoms with van der Waals surface area (Å²) in [5.41, 5.74) is 3.28. The summed E-state index contributed by atoms with van der Waals surface area (Å²) in [5, 5.41) is 180. The normalized spacial score (nSPS) is 23.0. The maximum absolute atomic E-state index is 14.7. The Bertz CT molecular complexity index is 5940. The molecule has 17 N–H and O–H groups in total. The average Bonchev–Trinajstić information content (AvgIpc) is 1.62. The van der Waals surface area contributed by atoms with E-state index in [1.54, 1.807) is 82.7 Å². The first-order chi connectivity index (χ1) is 58.6. The fraction of sp³-hybridized carbons (Fsp3) is 0.380. The van der Waals surface area contributed by atoms with Gasteiger partial charge in [0.05, 0.1) is 108 Å². The number of benzene rings is 4. The third-order valence-corrected chi connectivity index (χ3v) is 24.6. The van der Waals surface area contributed by atoms with E-state index in [0.29, 0.717) is 54.4 Å². The van der Waals surface area contributed by atoms with Gasteiger partial charge < -0.3 is 121 Å². The van der Waals surface area contributed by atoms with Crippen LogP contribution in [0.15, 0.2) is 148 Å². The molecule has 125 heavy (non-hydrogen) atoms. The average molecular weight is 1870 g/mol. The van der Waals surface area contributed by atoms with Crippen LogP contribution in [0.4, 0.5) is 8.78 Å². The zero-order valence-corrected chi connectivity index (χ0v) is 75.6. The summed E-state index contributed by atoms with van der Waals surface area (Å²) < 4.78 is 60.9. The number of fused-ring (bicyclic) bond motifs is 12. The van der Waals surface area contributed by atoms with Crippen molar-refractivity contribution < 1.29 is 187 Å². The number of nitrogens with zero attached hydrogens (tertiary/aromatic N) is 9. The van der Waals surface area contributed by atoms with E-state index >= 15 is 0 Å². The van der Waals surface area contributed by atoms with Crippen LogP contribution in [0, 0.1) is 11.6 Å². The Hall–Kier alpha value is -9.05. The quantitative estimate of drug-likeness (QED) is 0.0281. The van der Waals surface area contributed by atoms with Gasteiger partial charge in [-0.2, -0.15) is 15.3 Å². The summed E-state index contributed by atoms with van der Waals surface area (Å²) in [6.07, 6.45) is -3.17. The van der Waals surface area contributed by atoms with Gasteiger partial charge in [0, 0.05) is 115 Å². The topological polar surface area (TPSA) is 576 Å². The number of allylic oxidation sites excluding steroid dienone is 2. The predicted octanol–water partition coefficient (Wildman–Crippen LogP) is -5.58. The first kappa shape index (κ1) is 96.6. The molecule has 12 aromatic rings. The first-order valence-corrected chi connectivity index (χ1v) is 41.3. The second kappa shape index (κ2) is 40.9. The molecular formula is C79H83BrF2N14Na2O24S3. The summed E-state index contributed by atoms with van der Waals surface area (Å²) >= 11 is 7.99. The third-order valence-electron chi connectivity index (χ3n) is 21.0. The molecule has 0 bridgehead atoms. The summed E-state index contributed by atoms with van der Waals surface area (Å²) in [6, 6.07) is 7.19. The molecule has 46 heteroatoms. The molecule has 8 aromatic heterocycles. The van der Waals surface area contributed by atoms with Crippen LogP contribution in [-0.4, -0.2) is 270 Å². The summed E-state index contributed by atoms with van der Waals surface area (Å²) in [7, 11) is 0. The summed E-state index contributed by atoms with van der Waals surface area (Å²) in [4.78, 5) is 79.1. The second-order valence-corrected chi connectivity index (χ2v) is 33.1. The predicted molar refractivity (Wildman–Crippen MR) is 438 cm³/mol. The molecular weight excluding hydrogens is 1790 g/mol. The van der Waals surface area contributed by atoms with Gasteiger partial charge in [-0.1, -0.05) is 0 Å². The fourth-order valence-electron chi connectivity index (χ4n) is 15.4. The number of aromatic amines is 1. The van der Waals surface area contributed by atoms with Gasteiger partial charge in [0.1, 0.15) is 120 Å². The minimum absolute atomic E-state index is 0. The van der Waals surface area contributed by atoms with Crippen molar-refractivity contribution in [2.75, 3.05) is 26.4 Å². The minimum atomic E-state index is -1.77. The van der Waals surface area contributed by atoms with Crippen molar-refractivity contribution in [1.82, 2.24) is 70.4 Å². The van der Waals surface area contributed by atoms with Gasteiger partial charge in [0.2, 0.25) is 23.6 Å². The van der Waals surface area contributed by atoms with Crippen molar-refractivity contribution in [3.63, 3.8) is 0 Å². The maximum atomic E-state index is 14.7. The van der Waals surface area contributed by atoms with Crippen LogP contribution in [-0.2, 0) is 47.7 Å². The number of rotatable bonds is 22. The number of carboxylic acid groups (broad SMARTS) is 2. The Labute approximate surface area is 770 Å². The Morgan fingerprint density at radius 1 is 0.472 bits per heavy atom. The molecule has 0 aliphatic carbocycles. The molecule has 0 fully saturated rings. The number of aliphatic hydroxyl groups is 12. The number of aliphatic carboxylic acids is 2. The number of aliphatic hydroxyl groups excluding tert-OH is 12. The molecule has 0 radical (unpaired) electrons. The fourth-order valence-corrected chi connectivity index (χ4v) is 18.6. The molecule has 38 nitrogen and oxygen atoms in total. The van der Waals surface area contributed by atoms with E-state index in [9.17, 15) is 109 Å². The van der Waals surface area contributed by atoms with Gasteiger partial charge in [-0.05, 0) is 113 Å². The maximum Gasteiger partial charge on any atom is 1.00 e. The van der Waals surface area contributed by atoms with E-state index in [-0.39, 0.29) is 82.3 Å². The van der Waals surface area contributed by atoms with E-state index in [4.69, 9.17) is 24.0 Å². The Morgan fingerprint density at radius 3 is 1.39 bits per heavy atom. The van der Waals surface area contributed by atoms with Gasteiger partial charge in [-0.25, -0.2) is 18.7 Å². The number of carbonyl (C=O) groups excluding carboxylic acids is 6. The SMILES string of the molecule is CC(=O)N[C@H]1[C@H]([C@H](O)[C@H](O)CO)OC(C(=O)[O-])=C[C@@H]1n1cc2c(ccc3ncnc32)[nH]1.CC(=O)N[C@H]1[C@H]([C@H](O)[C@H](O)CO)OC(C(=O)[O-])=C[C@@H]1n1cc2c(n1)c(F)cc1sccc12.CC(=O)N[C@H]1[C@H]([C@H](O)[C@H](O)CO)OC(C)=C[C@@H]1n1cc2c(cc(Br)c3sccc32)n1.CC(=O)N[C@H]1[C@H]([C@H](O)[C@H](O)CO)OC(C)=C[C@@H]1n1cc2c(cc(F)c3ccsc32)n1.[Na+].[Na+]. The number of carboxylic acids is 2. The number of hydrogen-bond donors (Lipinski definition) is 17. The summed E-state index contributed by atoms with van der Waals surface area (Å²) in [5.74, 6) is -6.20. The first-order valence-electron chi connectivity index (χ1n) is 37.9.